The summed E-state index contributed by atoms with van der Waals surface area (Å²) >= 11 is 0. The highest BCUT2D eigenvalue weighted by atomic mass is 16.7. The maximum Gasteiger partial charge on any atom is 0.174 e. The fraction of sp³-hybridized carbons (Fsp3) is 0.581. The van der Waals surface area contributed by atoms with Crippen molar-refractivity contribution in [2.24, 2.45) is 17.8 Å². The Morgan fingerprint density at radius 3 is 2.18 bits per heavy atom. The van der Waals surface area contributed by atoms with E-state index in [1.807, 2.05) is 55.5 Å². The number of fused-ring (bicyclic) bond motifs is 1. The van der Waals surface area contributed by atoms with Gasteiger partial charge in [0.05, 0.1) is 62.8 Å². The molecule has 0 radical (unpaired) electrons. The van der Waals surface area contributed by atoms with Gasteiger partial charge in [0.2, 0.25) is 0 Å². The number of nitriles is 1. The van der Waals surface area contributed by atoms with Crippen LogP contribution in [0.5, 0.6) is 0 Å². The zero-order valence-corrected chi connectivity index (χ0v) is 22.4. The number of benzene rings is 2. The van der Waals surface area contributed by atoms with Crippen molar-refractivity contribution in [2.45, 2.75) is 89.2 Å². The van der Waals surface area contributed by atoms with Crippen molar-refractivity contribution in [3.05, 3.63) is 71.8 Å². The number of rotatable bonds is 7. The molecule has 7 nitrogen and oxygen atoms in total. The summed E-state index contributed by atoms with van der Waals surface area (Å²) in [4.78, 5) is 0. The van der Waals surface area contributed by atoms with Crippen LogP contribution in [0.25, 0.3) is 0 Å². The Morgan fingerprint density at radius 2 is 1.55 bits per heavy atom. The van der Waals surface area contributed by atoms with Crippen molar-refractivity contribution in [2.75, 3.05) is 6.61 Å². The zero-order valence-electron chi connectivity index (χ0n) is 22.4. The van der Waals surface area contributed by atoms with E-state index in [-0.39, 0.29) is 36.4 Å². The first-order chi connectivity index (χ1) is 18.4. The summed E-state index contributed by atoms with van der Waals surface area (Å²) in [6.07, 6.45) is -2.09. The molecule has 0 saturated carbocycles. The molecule has 1 N–H and O–H groups in total. The first-order valence-corrected chi connectivity index (χ1v) is 13.7. The average molecular weight is 522 g/mol. The van der Waals surface area contributed by atoms with Crippen LogP contribution in [0.15, 0.2) is 60.7 Å². The summed E-state index contributed by atoms with van der Waals surface area (Å²) in [5.74, 6) is -1.09. The van der Waals surface area contributed by atoms with Gasteiger partial charge in [-0.1, -0.05) is 81.4 Å². The van der Waals surface area contributed by atoms with E-state index in [0.29, 0.717) is 26.2 Å². The Hall–Kier alpha value is -2.31. The number of nitrogens with zero attached hydrogens (tertiary/aromatic N) is 1. The third-order valence-corrected chi connectivity index (χ3v) is 8.69. The first-order valence-electron chi connectivity index (χ1n) is 13.7. The van der Waals surface area contributed by atoms with Crippen LogP contribution in [0.4, 0.5) is 0 Å². The van der Waals surface area contributed by atoms with Crippen molar-refractivity contribution < 1.29 is 28.8 Å². The molecule has 3 saturated heterocycles. The molecule has 0 aromatic heterocycles. The fourth-order valence-corrected chi connectivity index (χ4v) is 6.19. The summed E-state index contributed by atoms with van der Waals surface area (Å²) in [6.45, 7) is 7.59. The number of hydrogen-bond donors (Lipinski definition) is 1. The molecule has 2 aromatic rings. The maximum absolute atomic E-state index is 11.2. The van der Waals surface area contributed by atoms with Gasteiger partial charge in [-0.3, -0.25) is 0 Å². The highest BCUT2D eigenvalue weighted by Gasteiger charge is 2.60. The molecule has 7 heteroatoms. The van der Waals surface area contributed by atoms with Gasteiger partial charge < -0.3 is 28.8 Å². The normalized spacial score (nSPS) is 38.9. The topological polar surface area (TPSA) is 90.2 Å². The van der Waals surface area contributed by atoms with Crippen molar-refractivity contribution in [3.8, 4) is 6.07 Å². The number of ether oxygens (including phenoxy) is 5. The second-order valence-electron chi connectivity index (χ2n) is 11.1. The second kappa shape index (κ2) is 11.8. The summed E-state index contributed by atoms with van der Waals surface area (Å²) in [5, 5.41) is 20.7. The SMILES string of the molecule is C[C@@H]1[C@@H](O)[C@H](CC#N)O[C@@H]2[C@@H](C)[C@H](C)[C@@]3(C[C@H](OCc4ccccc4)CO3)O[C@H]2[C@H]1OCc1ccccc1. The molecule has 3 aliphatic rings. The standard InChI is InChI=1S/C31H39NO6/c1-20-22(3)31(16-25(19-36-31)34-17-23-10-6-4-7-11-23)38-30-28(35-18-24-12-8-5-9-13-24)21(2)27(33)26(14-15-32)37-29(20)30/h4-13,20-22,25-30,33H,14,16-19H2,1-3H3/t20-,21+,22-,25-,26-,27+,28-,29+,30-,31+/m0/s1. The summed E-state index contributed by atoms with van der Waals surface area (Å²) in [5.41, 5.74) is 2.17. The first kappa shape index (κ1) is 27.3. The van der Waals surface area contributed by atoms with E-state index in [9.17, 15) is 10.4 Å². The lowest BCUT2D eigenvalue weighted by Gasteiger charge is -2.51. The molecule has 3 fully saturated rings. The fourth-order valence-electron chi connectivity index (χ4n) is 6.19. The molecule has 5 rings (SSSR count). The molecule has 0 amide bonds. The number of aliphatic hydroxyl groups is 1. The van der Waals surface area contributed by atoms with Crippen molar-refractivity contribution >= 4 is 0 Å². The molecule has 2 aromatic carbocycles. The van der Waals surface area contributed by atoms with Crippen molar-refractivity contribution in [3.63, 3.8) is 0 Å². The maximum atomic E-state index is 11.2. The number of hydrogen-bond acceptors (Lipinski definition) is 7. The van der Waals surface area contributed by atoms with Crippen LogP contribution in [0.3, 0.4) is 0 Å². The Labute approximate surface area is 225 Å². The molecule has 3 heterocycles. The molecule has 10 atom stereocenters. The van der Waals surface area contributed by atoms with Crippen molar-refractivity contribution in [1.29, 1.82) is 5.26 Å². The van der Waals surface area contributed by atoms with Gasteiger partial charge in [-0.15, -0.1) is 0 Å². The molecule has 204 valence electrons. The van der Waals surface area contributed by atoms with E-state index in [1.165, 1.54) is 0 Å². The van der Waals surface area contributed by atoms with E-state index < -0.39 is 30.2 Å². The Morgan fingerprint density at radius 1 is 0.921 bits per heavy atom. The quantitative estimate of drug-likeness (QED) is 0.568. The molecule has 0 aliphatic carbocycles. The van der Waals surface area contributed by atoms with Crippen LogP contribution in [-0.2, 0) is 36.9 Å². The number of aliphatic hydroxyl groups excluding tert-OH is 1. The van der Waals surface area contributed by atoms with E-state index >= 15 is 0 Å². The summed E-state index contributed by atoms with van der Waals surface area (Å²) < 4.78 is 32.5. The van der Waals surface area contributed by atoms with Gasteiger partial charge in [-0.25, -0.2) is 0 Å². The lowest BCUT2D eigenvalue weighted by Crippen LogP contribution is -2.61. The summed E-state index contributed by atoms with van der Waals surface area (Å²) in [6, 6.07) is 22.3. The highest BCUT2D eigenvalue weighted by molar-refractivity contribution is 5.15. The highest BCUT2D eigenvalue weighted by Crippen LogP contribution is 2.49. The van der Waals surface area contributed by atoms with Crippen LogP contribution < -0.4 is 0 Å². The predicted molar refractivity (Wildman–Crippen MR) is 141 cm³/mol. The summed E-state index contributed by atoms with van der Waals surface area (Å²) in [7, 11) is 0. The van der Waals surface area contributed by atoms with Gasteiger partial charge in [0.15, 0.2) is 5.79 Å². The van der Waals surface area contributed by atoms with E-state index in [1.54, 1.807) is 0 Å². The minimum atomic E-state index is -0.852. The van der Waals surface area contributed by atoms with Crippen LogP contribution in [-0.4, -0.2) is 54.1 Å². The molecule has 0 unspecified atom stereocenters. The molecular formula is C31H39NO6. The third kappa shape index (κ3) is 5.53. The third-order valence-electron chi connectivity index (χ3n) is 8.69. The van der Waals surface area contributed by atoms with Gasteiger partial charge in [-0.2, -0.15) is 5.26 Å². The molecule has 1 spiro atoms. The van der Waals surface area contributed by atoms with Crippen LogP contribution in [0, 0.1) is 29.1 Å². The van der Waals surface area contributed by atoms with E-state index in [2.05, 4.69) is 32.0 Å². The van der Waals surface area contributed by atoms with Crippen LogP contribution in [0.1, 0.15) is 44.7 Å². The van der Waals surface area contributed by atoms with Gasteiger partial charge in [-0.05, 0) is 17.0 Å². The molecular weight excluding hydrogens is 482 g/mol. The lowest BCUT2D eigenvalue weighted by molar-refractivity contribution is -0.340. The zero-order chi connectivity index (χ0) is 26.7. The van der Waals surface area contributed by atoms with Crippen LogP contribution in [0.2, 0.25) is 0 Å². The molecule has 0 bridgehead atoms. The Kier molecular flexibility index (Phi) is 8.49. The van der Waals surface area contributed by atoms with Gasteiger partial charge in [0, 0.05) is 18.3 Å². The van der Waals surface area contributed by atoms with Crippen molar-refractivity contribution in [1.82, 2.24) is 0 Å². The largest absolute Gasteiger partial charge is 0.390 e. The van der Waals surface area contributed by atoms with Gasteiger partial charge >= 0.3 is 0 Å². The molecule has 3 aliphatic heterocycles. The minimum absolute atomic E-state index is 0.0112. The minimum Gasteiger partial charge on any atom is -0.390 e. The Balaban J connectivity index is 1.37. The monoisotopic (exact) mass is 521 g/mol. The van der Waals surface area contributed by atoms with Crippen LogP contribution >= 0.6 is 0 Å². The van der Waals surface area contributed by atoms with Gasteiger partial charge in [0.25, 0.3) is 0 Å². The smallest absolute Gasteiger partial charge is 0.174 e. The second-order valence-corrected chi connectivity index (χ2v) is 11.1. The predicted octanol–water partition coefficient (Wildman–Crippen LogP) is 4.62. The average Bonchev–Trinajstić information content (AvgIpc) is 3.32. The van der Waals surface area contributed by atoms with E-state index in [4.69, 9.17) is 23.7 Å². The van der Waals surface area contributed by atoms with E-state index in [0.717, 1.165) is 11.1 Å². The van der Waals surface area contributed by atoms with Gasteiger partial charge in [0.1, 0.15) is 6.10 Å². The lowest BCUT2D eigenvalue weighted by atomic mass is 9.76. The molecule has 38 heavy (non-hydrogen) atoms. The Bertz CT molecular complexity index is 1080.